The van der Waals surface area contributed by atoms with Crippen LogP contribution >= 0.6 is 0 Å². The Bertz CT molecular complexity index is 2860. The Labute approximate surface area is 322 Å². The Morgan fingerprint density at radius 1 is 0.895 bits per heavy atom. The molecule has 2 aliphatic heterocycles. The van der Waals surface area contributed by atoms with Crippen LogP contribution in [0.1, 0.15) is 30.0 Å². The summed E-state index contributed by atoms with van der Waals surface area (Å²) in [5.41, 5.74) is 2.23. The SMILES string of the molecule is Cn1c(=O)n(C2CCC(=O)NC2=O)c2ccc(-c3ccc(CC(=O)Nc4ccc5c(F)c(N6CC(=O)NS6(=O)=O)c(OCc6ccccc6)cc5c4)c(F)c3)cc21. The Kier molecular flexibility index (Phi) is 9.31. The number of nitrogens with one attached hydrogen (secondary N) is 3. The molecule has 8 rings (SSSR count). The lowest BCUT2D eigenvalue weighted by Crippen LogP contribution is -2.44. The fraction of sp³-hybridized carbons (Fsp3) is 0.175. The van der Waals surface area contributed by atoms with Crippen molar-refractivity contribution in [1.29, 1.82) is 0 Å². The Hall–Kier alpha value is -6.88. The molecule has 3 N–H and O–H groups in total. The molecule has 17 heteroatoms. The zero-order valence-electron chi connectivity index (χ0n) is 30.0. The van der Waals surface area contributed by atoms with Crippen molar-refractivity contribution >= 4 is 67.0 Å². The number of carbonyl (C=O) groups excluding carboxylic acids is 4. The number of aryl methyl sites for hydroxylation is 1. The van der Waals surface area contributed by atoms with Gasteiger partial charge in [-0.15, -0.1) is 0 Å². The van der Waals surface area contributed by atoms with E-state index in [9.17, 15) is 32.4 Å². The van der Waals surface area contributed by atoms with E-state index in [2.05, 4.69) is 10.6 Å². The van der Waals surface area contributed by atoms with Crippen LogP contribution in [0.15, 0.2) is 95.8 Å². The average Bonchev–Trinajstić information content (AvgIpc) is 3.59. The summed E-state index contributed by atoms with van der Waals surface area (Å²) < 4.78 is 68.3. The maximum Gasteiger partial charge on any atom is 0.329 e. The molecule has 1 aromatic heterocycles. The van der Waals surface area contributed by atoms with Crippen LogP contribution in [0, 0.1) is 11.6 Å². The van der Waals surface area contributed by atoms with Crippen molar-refractivity contribution < 1.29 is 41.1 Å². The zero-order valence-corrected chi connectivity index (χ0v) is 30.9. The van der Waals surface area contributed by atoms with Gasteiger partial charge >= 0.3 is 15.9 Å². The molecule has 1 atom stereocenters. The quantitative estimate of drug-likeness (QED) is 0.181. The molecule has 2 fully saturated rings. The van der Waals surface area contributed by atoms with Crippen LogP contribution in [0.2, 0.25) is 0 Å². The van der Waals surface area contributed by atoms with Crippen LogP contribution in [0.4, 0.5) is 20.2 Å². The summed E-state index contributed by atoms with van der Waals surface area (Å²) in [4.78, 5) is 62.6. The second kappa shape index (κ2) is 14.3. The normalized spacial score (nSPS) is 16.5. The maximum absolute atomic E-state index is 16.2. The summed E-state index contributed by atoms with van der Waals surface area (Å²) in [6, 6.07) is 23.1. The van der Waals surface area contributed by atoms with Gasteiger partial charge in [0.15, 0.2) is 5.82 Å². The first-order chi connectivity index (χ1) is 27.3. The van der Waals surface area contributed by atoms with Crippen LogP contribution in [0.5, 0.6) is 5.75 Å². The number of benzene rings is 5. The van der Waals surface area contributed by atoms with Crippen LogP contribution in [0.25, 0.3) is 32.9 Å². The van der Waals surface area contributed by atoms with Crippen molar-refractivity contribution in [3.63, 3.8) is 0 Å². The molecule has 0 spiro atoms. The minimum Gasteiger partial charge on any atom is -0.487 e. The lowest BCUT2D eigenvalue weighted by molar-refractivity contribution is -0.135. The molecule has 2 saturated heterocycles. The predicted molar refractivity (Wildman–Crippen MR) is 205 cm³/mol. The molecule has 4 amide bonds. The number of fused-ring (bicyclic) bond motifs is 2. The third-order valence-electron chi connectivity index (χ3n) is 9.95. The van der Waals surface area contributed by atoms with Gasteiger partial charge in [-0.05, 0) is 76.5 Å². The summed E-state index contributed by atoms with van der Waals surface area (Å²) in [6.07, 6.45) is -0.0565. The average molecular weight is 795 g/mol. The summed E-state index contributed by atoms with van der Waals surface area (Å²) in [5, 5.41) is 5.22. The van der Waals surface area contributed by atoms with E-state index < -0.39 is 69.4 Å². The third-order valence-corrected chi connectivity index (χ3v) is 11.3. The van der Waals surface area contributed by atoms with Gasteiger partial charge in [0, 0.05) is 24.5 Å². The molecule has 14 nitrogen and oxygen atoms in total. The molecule has 3 heterocycles. The molecular formula is C40H32F2N6O8S. The summed E-state index contributed by atoms with van der Waals surface area (Å²) >= 11 is 0. The monoisotopic (exact) mass is 794 g/mol. The van der Waals surface area contributed by atoms with Crippen molar-refractivity contribution in [1.82, 2.24) is 19.2 Å². The minimum atomic E-state index is -4.39. The number of nitrogens with zero attached hydrogens (tertiary/aromatic N) is 3. The highest BCUT2D eigenvalue weighted by Crippen LogP contribution is 2.40. The fourth-order valence-corrected chi connectivity index (χ4v) is 8.31. The first-order valence-electron chi connectivity index (χ1n) is 17.7. The number of ether oxygens (including phenoxy) is 1. The van der Waals surface area contributed by atoms with Crippen LogP contribution < -0.4 is 30.1 Å². The molecule has 290 valence electrons. The summed E-state index contributed by atoms with van der Waals surface area (Å²) in [7, 11) is -2.83. The number of rotatable bonds is 9. The molecule has 0 saturated carbocycles. The smallest absolute Gasteiger partial charge is 0.329 e. The largest absolute Gasteiger partial charge is 0.487 e. The number of hydrogen-bond acceptors (Lipinski definition) is 8. The van der Waals surface area contributed by atoms with Crippen molar-refractivity contribution in [3.8, 4) is 16.9 Å². The van der Waals surface area contributed by atoms with E-state index in [1.165, 1.54) is 45.5 Å². The lowest BCUT2D eigenvalue weighted by Gasteiger charge is -2.21. The number of imide groups is 1. The molecule has 5 aromatic carbocycles. The Morgan fingerprint density at radius 3 is 2.37 bits per heavy atom. The number of amides is 4. The van der Waals surface area contributed by atoms with Crippen LogP contribution in [-0.4, -0.2) is 47.7 Å². The number of hydrogen-bond donors (Lipinski definition) is 3. The number of carbonyl (C=O) groups is 4. The number of aromatic nitrogens is 2. The van der Waals surface area contributed by atoms with Gasteiger partial charge in [0.2, 0.25) is 17.7 Å². The van der Waals surface area contributed by atoms with Gasteiger partial charge in [-0.2, -0.15) is 8.42 Å². The van der Waals surface area contributed by atoms with Crippen molar-refractivity contribution in [2.24, 2.45) is 7.05 Å². The highest BCUT2D eigenvalue weighted by molar-refractivity contribution is 7.92. The van der Waals surface area contributed by atoms with Gasteiger partial charge in [-0.1, -0.05) is 48.5 Å². The number of halogens is 2. The van der Waals surface area contributed by atoms with E-state index in [0.717, 1.165) is 5.56 Å². The molecule has 0 bridgehead atoms. The molecule has 1 unspecified atom stereocenters. The van der Waals surface area contributed by atoms with E-state index in [1.807, 2.05) is 4.72 Å². The van der Waals surface area contributed by atoms with Crippen LogP contribution in [-0.2, 0) is 49.5 Å². The highest BCUT2D eigenvalue weighted by Gasteiger charge is 2.38. The molecule has 0 radical (unpaired) electrons. The topological polar surface area (TPSA) is 178 Å². The lowest BCUT2D eigenvalue weighted by atomic mass is 10.0. The van der Waals surface area contributed by atoms with Crippen molar-refractivity contribution in [2.45, 2.75) is 31.9 Å². The van der Waals surface area contributed by atoms with E-state index in [-0.39, 0.29) is 53.6 Å². The summed E-state index contributed by atoms with van der Waals surface area (Å²) in [6.45, 7) is -0.684. The zero-order chi connectivity index (χ0) is 40.2. The van der Waals surface area contributed by atoms with E-state index in [4.69, 9.17) is 4.74 Å². The van der Waals surface area contributed by atoms with Crippen LogP contribution in [0.3, 0.4) is 0 Å². The van der Waals surface area contributed by atoms with Gasteiger partial charge in [0.05, 0.1) is 17.5 Å². The van der Waals surface area contributed by atoms with Gasteiger partial charge < -0.3 is 10.1 Å². The van der Waals surface area contributed by atoms with E-state index >= 15 is 8.78 Å². The number of piperidine rings is 1. The van der Waals surface area contributed by atoms with E-state index in [1.54, 1.807) is 61.6 Å². The minimum absolute atomic E-state index is 0.00274. The number of anilines is 2. The Balaban J connectivity index is 1.02. The first kappa shape index (κ1) is 37.1. The summed E-state index contributed by atoms with van der Waals surface area (Å²) in [5.74, 6) is -4.11. The van der Waals surface area contributed by atoms with Gasteiger partial charge in [-0.3, -0.25) is 33.6 Å². The molecule has 2 aliphatic rings. The second-order valence-corrected chi connectivity index (χ2v) is 15.3. The van der Waals surface area contributed by atoms with Gasteiger partial charge in [0.25, 0.3) is 5.91 Å². The maximum atomic E-state index is 16.2. The molecular weight excluding hydrogens is 763 g/mol. The predicted octanol–water partition coefficient (Wildman–Crippen LogP) is 4.36. The standard InChI is InChI=1S/C40H32F2N6O8S/c1-46-32-17-24(9-12-30(32)48(40(46)53)31-13-14-34(49)44-39(31)52)23-7-8-25(29(41)16-23)19-35(50)43-27-10-11-28-26(15-27)18-33(56-21-22-5-3-2-4-6-22)38(37(28)42)47-20-36(51)45-57(47,54)55/h2-12,15-18,31H,13-14,19-21H2,1H3,(H,43,50)(H,45,51)(H,44,49,52). The van der Waals surface area contributed by atoms with Gasteiger partial charge in [0.1, 0.15) is 36.4 Å². The van der Waals surface area contributed by atoms with Crippen molar-refractivity contribution in [2.75, 3.05) is 16.2 Å². The molecule has 0 aliphatic carbocycles. The number of imidazole rings is 1. The first-order valence-corrected chi connectivity index (χ1v) is 19.1. The second-order valence-electron chi connectivity index (χ2n) is 13.7. The fourth-order valence-electron chi connectivity index (χ4n) is 7.15. The van der Waals surface area contributed by atoms with Gasteiger partial charge in [-0.25, -0.2) is 22.6 Å². The molecule has 6 aromatic rings. The van der Waals surface area contributed by atoms with E-state index in [0.29, 0.717) is 26.5 Å². The highest BCUT2D eigenvalue weighted by atomic mass is 32.2. The molecule has 57 heavy (non-hydrogen) atoms. The Morgan fingerprint density at radius 2 is 1.65 bits per heavy atom. The third kappa shape index (κ3) is 6.97. The van der Waals surface area contributed by atoms with Crippen molar-refractivity contribution in [3.05, 3.63) is 124 Å².